The second kappa shape index (κ2) is 9.62. The number of nitrogens with one attached hydrogen (secondary N) is 1. The normalized spacial score (nSPS) is 11.3. The summed E-state index contributed by atoms with van der Waals surface area (Å²) >= 11 is 0. The minimum Gasteiger partial charge on any atom is -0.490 e. The van der Waals surface area contributed by atoms with Crippen LogP contribution < -0.4 is 14.8 Å². The second-order valence-electron chi connectivity index (χ2n) is 6.92. The Morgan fingerprint density at radius 1 is 1.03 bits per heavy atom. The van der Waals surface area contributed by atoms with Crippen LogP contribution in [-0.2, 0) is 4.79 Å². The Labute approximate surface area is 176 Å². The number of nitriles is 1. The number of amides is 1. The van der Waals surface area contributed by atoms with Crippen molar-refractivity contribution in [3.63, 3.8) is 0 Å². The number of hydrogen-bond donors (Lipinski definition) is 1. The largest absolute Gasteiger partial charge is 0.490 e. The van der Waals surface area contributed by atoms with Gasteiger partial charge in [0, 0.05) is 17.3 Å². The van der Waals surface area contributed by atoms with Crippen molar-refractivity contribution in [1.29, 1.82) is 5.26 Å². The summed E-state index contributed by atoms with van der Waals surface area (Å²) in [5.41, 5.74) is 3.94. The number of aryl methyl sites for hydroxylation is 2. The summed E-state index contributed by atoms with van der Waals surface area (Å²) in [4.78, 5) is 13.2. The number of benzene rings is 3. The molecule has 152 valence electrons. The fourth-order valence-corrected chi connectivity index (χ4v) is 3.04. The molecule has 0 saturated carbocycles. The van der Waals surface area contributed by atoms with E-state index in [-0.39, 0.29) is 5.91 Å². The summed E-state index contributed by atoms with van der Waals surface area (Å²) in [5.74, 6) is 0.541. The Morgan fingerprint density at radius 2 is 1.80 bits per heavy atom. The molecule has 0 fully saturated rings. The van der Waals surface area contributed by atoms with Crippen molar-refractivity contribution in [2.24, 2.45) is 0 Å². The maximum Gasteiger partial charge on any atom is 0.270 e. The quantitative estimate of drug-likeness (QED) is 0.582. The zero-order valence-corrected chi connectivity index (χ0v) is 17.3. The van der Waals surface area contributed by atoms with Crippen molar-refractivity contribution in [3.05, 3.63) is 89.0 Å². The van der Waals surface area contributed by atoms with Crippen LogP contribution in [0.2, 0.25) is 0 Å². The molecule has 0 aromatic heterocycles. The van der Waals surface area contributed by atoms with E-state index in [1.54, 1.807) is 18.2 Å². The summed E-state index contributed by atoms with van der Waals surface area (Å²) in [7, 11) is 0. The molecule has 0 aliphatic rings. The van der Waals surface area contributed by atoms with Gasteiger partial charge in [-0.2, -0.15) is 5.26 Å². The molecule has 0 aliphatic carbocycles. The van der Waals surface area contributed by atoms with Crippen molar-refractivity contribution < 1.29 is 14.3 Å². The van der Waals surface area contributed by atoms with E-state index in [0.29, 0.717) is 29.2 Å². The maximum absolute atomic E-state index is 13.2. The average Bonchev–Trinajstić information content (AvgIpc) is 2.76. The number of nitrogens with zero attached hydrogens (tertiary/aromatic N) is 1. The van der Waals surface area contributed by atoms with E-state index in [9.17, 15) is 10.1 Å². The second-order valence-corrected chi connectivity index (χ2v) is 6.92. The molecule has 0 spiro atoms. The molecule has 5 nitrogen and oxygen atoms in total. The highest BCUT2D eigenvalue weighted by Crippen LogP contribution is 2.33. The Morgan fingerprint density at radius 3 is 2.50 bits per heavy atom. The lowest BCUT2D eigenvalue weighted by atomic mass is 10.1. The number of rotatable bonds is 7. The van der Waals surface area contributed by atoms with Crippen molar-refractivity contribution >= 4 is 11.6 Å². The van der Waals surface area contributed by atoms with Crippen molar-refractivity contribution in [2.45, 2.75) is 26.9 Å². The van der Waals surface area contributed by atoms with Crippen LogP contribution in [0.15, 0.2) is 66.7 Å². The molecule has 1 atom stereocenters. The molecule has 0 unspecified atom stereocenters. The highest BCUT2D eigenvalue weighted by atomic mass is 16.5. The van der Waals surface area contributed by atoms with Crippen LogP contribution in [0.3, 0.4) is 0 Å². The Bertz CT molecular complexity index is 1070. The van der Waals surface area contributed by atoms with Crippen molar-refractivity contribution in [3.8, 4) is 17.6 Å². The lowest BCUT2D eigenvalue weighted by molar-refractivity contribution is -0.123. The Kier molecular flexibility index (Phi) is 6.71. The van der Waals surface area contributed by atoms with Crippen molar-refractivity contribution in [2.75, 3.05) is 11.9 Å². The van der Waals surface area contributed by atoms with E-state index in [2.05, 4.69) is 11.4 Å². The van der Waals surface area contributed by atoms with E-state index in [4.69, 9.17) is 9.47 Å². The van der Waals surface area contributed by atoms with E-state index < -0.39 is 6.10 Å². The third kappa shape index (κ3) is 4.98. The minimum atomic E-state index is -0.891. The highest BCUT2D eigenvalue weighted by Gasteiger charge is 2.25. The fourth-order valence-electron chi connectivity index (χ4n) is 3.04. The van der Waals surface area contributed by atoms with Gasteiger partial charge in [-0.05, 0) is 50.1 Å². The SMILES string of the molecule is CCOc1cc(C#N)ccc1O[C@H](C(=O)Nc1cc(C)ccc1C)c1ccccc1. The fraction of sp³-hybridized carbons (Fsp3) is 0.200. The standard InChI is InChI=1S/C25H24N2O3/c1-4-29-23-15-19(16-26)12-13-22(23)30-24(20-8-6-5-7-9-20)25(28)27-21-14-17(2)10-11-18(21)3/h5-15,24H,4H2,1-3H3,(H,27,28)/t24-/m0/s1. The van der Waals surface area contributed by atoms with Gasteiger partial charge >= 0.3 is 0 Å². The summed E-state index contributed by atoms with van der Waals surface area (Å²) in [5, 5.41) is 12.2. The van der Waals surface area contributed by atoms with Crippen LogP contribution in [0.4, 0.5) is 5.69 Å². The first kappa shape index (κ1) is 20.9. The predicted octanol–water partition coefficient (Wildman–Crippen LogP) is 5.33. The van der Waals surface area contributed by atoms with E-state index in [1.165, 1.54) is 0 Å². The first-order valence-electron chi connectivity index (χ1n) is 9.78. The van der Waals surface area contributed by atoms with Crippen LogP contribution in [-0.4, -0.2) is 12.5 Å². The molecule has 0 radical (unpaired) electrons. The van der Waals surface area contributed by atoms with Gasteiger partial charge in [-0.3, -0.25) is 4.79 Å². The van der Waals surface area contributed by atoms with E-state index in [1.807, 2.05) is 69.3 Å². The molecular formula is C25H24N2O3. The zero-order chi connectivity index (χ0) is 21.5. The van der Waals surface area contributed by atoms with Gasteiger partial charge < -0.3 is 14.8 Å². The van der Waals surface area contributed by atoms with Crippen LogP contribution >= 0.6 is 0 Å². The van der Waals surface area contributed by atoms with Gasteiger partial charge in [-0.1, -0.05) is 42.5 Å². The molecule has 3 rings (SSSR count). The Balaban J connectivity index is 1.95. The third-order valence-electron chi connectivity index (χ3n) is 4.61. The molecular weight excluding hydrogens is 376 g/mol. The van der Waals surface area contributed by atoms with Gasteiger partial charge in [-0.25, -0.2) is 0 Å². The van der Waals surface area contributed by atoms with Gasteiger partial charge in [0.25, 0.3) is 5.91 Å². The van der Waals surface area contributed by atoms with Gasteiger partial charge in [0.15, 0.2) is 11.5 Å². The van der Waals surface area contributed by atoms with Crippen LogP contribution in [0.5, 0.6) is 11.5 Å². The first-order valence-corrected chi connectivity index (χ1v) is 9.78. The molecule has 0 saturated heterocycles. The summed E-state index contributed by atoms with van der Waals surface area (Å²) in [6.07, 6.45) is -0.891. The third-order valence-corrected chi connectivity index (χ3v) is 4.61. The average molecular weight is 400 g/mol. The van der Waals surface area contributed by atoms with Crippen molar-refractivity contribution in [1.82, 2.24) is 0 Å². The first-order chi connectivity index (χ1) is 14.5. The molecule has 0 heterocycles. The van der Waals surface area contributed by atoms with Crippen LogP contribution in [0.25, 0.3) is 0 Å². The molecule has 1 N–H and O–H groups in total. The molecule has 0 bridgehead atoms. The van der Waals surface area contributed by atoms with Gasteiger partial charge in [0.2, 0.25) is 6.10 Å². The molecule has 0 aliphatic heterocycles. The monoisotopic (exact) mass is 400 g/mol. The summed E-state index contributed by atoms with van der Waals surface area (Å²) < 4.78 is 11.8. The number of hydrogen-bond acceptors (Lipinski definition) is 4. The van der Waals surface area contributed by atoms with E-state index >= 15 is 0 Å². The maximum atomic E-state index is 13.2. The smallest absolute Gasteiger partial charge is 0.270 e. The van der Waals surface area contributed by atoms with Gasteiger partial charge in [0.1, 0.15) is 0 Å². The zero-order valence-electron chi connectivity index (χ0n) is 17.3. The molecule has 3 aromatic carbocycles. The highest BCUT2D eigenvalue weighted by molar-refractivity contribution is 5.95. The molecule has 3 aromatic rings. The molecule has 1 amide bonds. The lowest BCUT2D eigenvalue weighted by Gasteiger charge is -2.21. The lowest BCUT2D eigenvalue weighted by Crippen LogP contribution is -2.26. The van der Waals surface area contributed by atoms with Gasteiger partial charge in [-0.15, -0.1) is 0 Å². The molecule has 30 heavy (non-hydrogen) atoms. The summed E-state index contributed by atoms with van der Waals surface area (Å²) in [6, 6.07) is 22.2. The Hall–Kier alpha value is -3.78. The number of carbonyl (C=O) groups is 1. The summed E-state index contributed by atoms with van der Waals surface area (Å²) in [6.45, 7) is 6.19. The molecule has 5 heteroatoms. The number of ether oxygens (including phenoxy) is 2. The predicted molar refractivity (Wildman–Crippen MR) is 117 cm³/mol. The van der Waals surface area contributed by atoms with Crippen LogP contribution in [0.1, 0.15) is 35.3 Å². The minimum absolute atomic E-state index is 0.290. The van der Waals surface area contributed by atoms with E-state index in [0.717, 1.165) is 16.8 Å². The van der Waals surface area contributed by atoms with Gasteiger partial charge in [0.05, 0.1) is 18.2 Å². The van der Waals surface area contributed by atoms with Crippen LogP contribution in [0, 0.1) is 25.2 Å². The number of anilines is 1. The number of carbonyl (C=O) groups excluding carboxylic acids is 1. The topological polar surface area (TPSA) is 71.3 Å².